The average molecular weight is 356 g/mol. The third-order valence-corrected chi connectivity index (χ3v) is 4.29. The molecule has 0 aliphatic heterocycles. The molecule has 128 valence electrons. The van der Waals surface area contributed by atoms with Gasteiger partial charge in [0.15, 0.2) is 5.82 Å². The van der Waals surface area contributed by atoms with Crippen molar-refractivity contribution >= 4 is 17.7 Å². The maximum atomic E-state index is 12.3. The van der Waals surface area contributed by atoms with Gasteiger partial charge in [-0.3, -0.25) is 4.79 Å². The second-order valence-corrected chi connectivity index (χ2v) is 6.20. The lowest BCUT2D eigenvalue weighted by atomic mass is 10.1. The number of benzene rings is 1. The van der Waals surface area contributed by atoms with Crippen LogP contribution in [0.25, 0.3) is 6.08 Å². The average Bonchev–Trinajstić information content (AvgIpc) is 3.06. The molecule has 0 saturated heterocycles. The first-order valence-corrected chi connectivity index (χ1v) is 8.33. The minimum absolute atomic E-state index is 0.0849. The summed E-state index contributed by atoms with van der Waals surface area (Å²) in [7, 11) is 0. The molecule has 0 saturated carbocycles. The number of aromatic nitrogens is 3. The minimum Gasteiger partial charge on any atom is -0.337 e. The first-order valence-electron chi connectivity index (χ1n) is 7.95. The maximum absolute atomic E-state index is 12.3. The summed E-state index contributed by atoms with van der Waals surface area (Å²) in [6.45, 7) is 5.74. The Bertz CT molecular complexity index is 942. The molecule has 2 aromatic heterocycles. The van der Waals surface area contributed by atoms with Crippen LogP contribution in [0.4, 0.5) is 0 Å². The highest BCUT2D eigenvalue weighted by atomic mass is 35.5. The molecule has 3 rings (SSSR count). The molecule has 5 nitrogen and oxygen atoms in total. The van der Waals surface area contributed by atoms with Gasteiger partial charge >= 0.3 is 0 Å². The summed E-state index contributed by atoms with van der Waals surface area (Å²) in [5.41, 5.74) is 2.55. The molecule has 0 amide bonds. The van der Waals surface area contributed by atoms with Crippen molar-refractivity contribution in [1.29, 1.82) is 0 Å². The van der Waals surface area contributed by atoms with E-state index in [1.54, 1.807) is 23.8 Å². The van der Waals surface area contributed by atoms with E-state index in [-0.39, 0.29) is 12.1 Å². The minimum atomic E-state index is -0.0849. The summed E-state index contributed by atoms with van der Waals surface area (Å²) in [5, 5.41) is 4.70. The van der Waals surface area contributed by atoms with E-state index in [1.807, 2.05) is 30.3 Å². The van der Waals surface area contributed by atoms with Crippen LogP contribution >= 0.6 is 11.6 Å². The molecule has 0 bridgehead atoms. The molecule has 0 fully saturated rings. The molecular weight excluding hydrogens is 338 g/mol. The van der Waals surface area contributed by atoms with Crippen LogP contribution in [-0.2, 0) is 19.4 Å². The van der Waals surface area contributed by atoms with Crippen LogP contribution in [0.15, 0.2) is 52.4 Å². The van der Waals surface area contributed by atoms with Gasteiger partial charge < -0.3 is 9.09 Å². The summed E-state index contributed by atoms with van der Waals surface area (Å²) < 4.78 is 6.82. The second-order valence-electron chi connectivity index (χ2n) is 5.76. The van der Waals surface area contributed by atoms with Crippen molar-refractivity contribution in [3.63, 3.8) is 0 Å². The van der Waals surface area contributed by atoms with Crippen LogP contribution in [-0.4, -0.2) is 14.7 Å². The Morgan fingerprint density at radius 1 is 1.24 bits per heavy atom. The first-order chi connectivity index (χ1) is 12.1. The van der Waals surface area contributed by atoms with E-state index in [9.17, 15) is 4.79 Å². The van der Waals surface area contributed by atoms with E-state index >= 15 is 0 Å². The zero-order valence-electron chi connectivity index (χ0n) is 13.9. The quantitative estimate of drug-likeness (QED) is 0.676. The monoisotopic (exact) mass is 355 g/mol. The van der Waals surface area contributed by atoms with Crippen LogP contribution in [0.2, 0.25) is 5.02 Å². The molecule has 0 spiro atoms. The normalized spacial score (nSPS) is 10.8. The van der Waals surface area contributed by atoms with Crippen molar-refractivity contribution in [1.82, 2.24) is 14.7 Å². The molecule has 0 aliphatic carbocycles. The molecule has 0 atom stereocenters. The number of nitrogens with zero attached hydrogens (tertiary/aromatic N) is 3. The number of aryl methyl sites for hydroxylation is 2. The van der Waals surface area contributed by atoms with E-state index in [0.717, 1.165) is 17.5 Å². The third-order valence-electron chi connectivity index (χ3n) is 4.03. The fraction of sp³-hybridized carbons (Fsp3) is 0.211. The summed E-state index contributed by atoms with van der Waals surface area (Å²) in [4.78, 5) is 16.7. The molecular formula is C19H18ClN3O2. The Labute approximate surface area is 150 Å². The fourth-order valence-electron chi connectivity index (χ4n) is 2.56. The molecule has 25 heavy (non-hydrogen) atoms. The van der Waals surface area contributed by atoms with Gasteiger partial charge in [-0.15, -0.1) is 0 Å². The number of hydrogen-bond donors (Lipinski definition) is 0. The molecule has 0 N–H and O–H groups in total. The Morgan fingerprint density at radius 3 is 2.72 bits per heavy atom. The number of pyridine rings is 1. The van der Waals surface area contributed by atoms with E-state index < -0.39 is 0 Å². The van der Waals surface area contributed by atoms with Crippen LogP contribution < -0.4 is 5.56 Å². The highest BCUT2D eigenvalue weighted by molar-refractivity contribution is 6.30. The van der Waals surface area contributed by atoms with Crippen LogP contribution in [0.1, 0.15) is 28.4 Å². The van der Waals surface area contributed by atoms with E-state index in [2.05, 4.69) is 16.7 Å². The zero-order valence-corrected chi connectivity index (χ0v) is 14.7. The van der Waals surface area contributed by atoms with Crippen molar-refractivity contribution in [3.05, 3.63) is 86.9 Å². The molecule has 1 aromatic carbocycles. The molecule has 0 aliphatic rings. The van der Waals surface area contributed by atoms with Crippen molar-refractivity contribution in [2.24, 2.45) is 0 Å². The van der Waals surface area contributed by atoms with Crippen molar-refractivity contribution in [2.45, 2.75) is 26.3 Å². The summed E-state index contributed by atoms with van der Waals surface area (Å²) >= 11 is 5.88. The predicted molar refractivity (Wildman–Crippen MR) is 97.8 cm³/mol. The topological polar surface area (TPSA) is 60.9 Å². The van der Waals surface area contributed by atoms with Gasteiger partial charge in [0.2, 0.25) is 5.89 Å². The van der Waals surface area contributed by atoms with Crippen molar-refractivity contribution in [3.8, 4) is 0 Å². The van der Waals surface area contributed by atoms with Gasteiger partial charge in [-0.05, 0) is 42.7 Å². The lowest BCUT2D eigenvalue weighted by molar-refractivity contribution is 0.364. The second kappa shape index (κ2) is 7.49. The van der Waals surface area contributed by atoms with Crippen LogP contribution in [0, 0.1) is 6.92 Å². The lowest BCUT2D eigenvalue weighted by Gasteiger charge is -2.05. The summed E-state index contributed by atoms with van der Waals surface area (Å²) in [6.07, 6.45) is 4.84. The Balaban J connectivity index is 1.67. The first kappa shape index (κ1) is 17.2. The predicted octanol–water partition coefficient (Wildman–Crippen LogP) is 3.67. The summed E-state index contributed by atoms with van der Waals surface area (Å²) in [6, 6.07) is 9.53. The zero-order chi connectivity index (χ0) is 17.8. The van der Waals surface area contributed by atoms with Gasteiger partial charge in [0, 0.05) is 23.2 Å². The molecule has 0 unspecified atom stereocenters. The molecule has 3 aromatic rings. The lowest BCUT2D eigenvalue weighted by Crippen LogP contribution is -2.23. The highest BCUT2D eigenvalue weighted by Crippen LogP contribution is 2.12. The fourth-order valence-corrected chi connectivity index (χ4v) is 2.68. The number of halogens is 1. The standard InChI is InChI=1S/C19H18ClN3O2/c1-3-15-10-11-23(19(24)13(15)2)12-18-21-17(22-25-18)9-6-14-4-7-16(20)8-5-14/h3-5,7-8,10-11H,1,6,9,12H2,2H3. The van der Waals surface area contributed by atoms with E-state index in [4.69, 9.17) is 16.1 Å². The van der Waals surface area contributed by atoms with Gasteiger partial charge in [-0.1, -0.05) is 41.5 Å². The molecule has 2 heterocycles. The van der Waals surface area contributed by atoms with Gasteiger partial charge in [0.25, 0.3) is 5.56 Å². The van der Waals surface area contributed by atoms with Gasteiger partial charge in [-0.2, -0.15) is 4.98 Å². The Morgan fingerprint density at radius 2 is 2.00 bits per heavy atom. The Kier molecular flexibility index (Phi) is 5.14. The largest absolute Gasteiger partial charge is 0.337 e. The van der Waals surface area contributed by atoms with Crippen molar-refractivity contribution in [2.75, 3.05) is 0 Å². The third kappa shape index (κ3) is 4.06. The SMILES string of the molecule is C=Cc1ccn(Cc2nc(CCc3ccc(Cl)cc3)no2)c(=O)c1C. The Hall–Kier alpha value is -2.66. The number of hydrogen-bond acceptors (Lipinski definition) is 4. The van der Waals surface area contributed by atoms with Crippen molar-refractivity contribution < 1.29 is 4.52 Å². The molecule has 0 radical (unpaired) electrons. The van der Waals surface area contributed by atoms with Gasteiger partial charge in [0.1, 0.15) is 6.54 Å². The van der Waals surface area contributed by atoms with Gasteiger partial charge in [0.05, 0.1) is 0 Å². The number of rotatable bonds is 6. The maximum Gasteiger partial charge on any atom is 0.254 e. The van der Waals surface area contributed by atoms with E-state index in [0.29, 0.717) is 28.7 Å². The van der Waals surface area contributed by atoms with Crippen LogP contribution in [0.5, 0.6) is 0 Å². The highest BCUT2D eigenvalue weighted by Gasteiger charge is 2.10. The van der Waals surface area contributed by atoms with Gasteiger partial charge in [-0.25, -0.2) is 0 Å². The molecule has 6 heteroatoms. The van der Waals surface area contributed by atoms with Crippen LogP contribution in [0.3, 0.4) is 0 Å². The van der Waals surface area contributed by atoms with E-state index in [1.165, 1.54) is 0 Å². The summed E-state index contributed by atoms with van der Waals surface area (Å²) in [5.74, 6) is 1.04. The smallest absolute Gasteiger partial charge is 0.254 e.